The van der Waals surface area contributed by atoms with E-state index in [0.29, 0.717) is 0 Å². The first kappa shape index (κ1) is 15.1. The minimum absolute atomic E-state index is 0.000457. The maximum atomic E-state index is 12.0. The Bertz CT molecular complexity index is 528. The highest BCUT2D eigenvalue weighted by molar-refractivity contribution is 9.10. The lowest BCUT2D eigenvalue weighted by molar-refractivity contribution is 0.251. The third-order valence-electron chi connectivity index (χ3n) is 2.40. The van der Waals surface area contributed by atoms with E-state index in [1.54, 1.807) is 7.05 Å². The number of guanidine groups is 1. The van der Waals surface area contributed by atoms with Crippen molar-refractivity contribution < 1.29 is 4.79 Å². The van der Waals surface area contributed by atoms with Crippen molar-refractivity contribution in [2.24, 2.45) is 10.7 Å². The van der Waals surface area contributed by atoms with E-state index in [1.807, 2.05) is 25.1 Å². The summed E-state index contributed by atoms with van der Waals surface area (Å²) in [5.41, 5.74) is 7.27. The topological polar surface area (TPSA) is 70.7 Å². The van der Waals surface area contributed by atoms with Gasteiger partial charge in [0.15, 0.2) is 5.96 Å². The van der Waals surface area contributed by atoms with Gasteiger partial charge in [0.05, 0.1) is 5.69 Å². The number of hydrogen-bond donors (Lipinski definition) is 2. The van der Waals surface area contributed by atoms with Crippen LogP contribution < -0.4 is 16.0 Å². The molecule has 0 aliphatic heterocycles. The Kier molecular flexibility index (Phi) is 5.39. The zero-order valence-electron chi connectivity index (χ0n) is 10.8. The highest BCUT2D eigenvalue weighted by Gasteiger charge is 2.16. The molecule has 19 heavy (non-hydrogen) atoms. The Hall–Kier alpha value is -2.00. The fourth-order valence-electron chi connectivity index (χ4n) is 1.51. The molecule has 0 aliphatic carbocycles. The van der Waals surface area contributed by atoms with Gasteiger partial charge in [0.1, 0.15) is 6.54 Å². The minimum atomic E-state index is -0.381. The van der Waals surface area contributed by atoms with E-state index in [2.05, 4.69) is 32.2 Å². The van der Waals surface area contributed by atoms with Crippen LogP contribution >= 0.6 is 15.9 Å². The van der Waals surface area contributed by atoms with Crippen LogP contribution in [0.3, 0.4) is 0 Å². The molecule has 1 aromatic rings. The normalized spacial score (nSPS) is 10.7. The predicted octanol–water partition coefficient (Wildman–Crippen LogP) is 1.85. The van der Waals surface area contributed by atoms with Crippen molar-refractivity contribution in [2.45, 2.75) is 6.92 Å². The number of nitrogens with zero attached hydrogens (tertiary/aromatic N) is 2. The number of amides is 2. The third-order valence-corrected chi connectivity index (χ3v) is 3.04. The fourth-order valence-corrected chi connectivity index (χ4v) is 2.24. The number of urea groups is 1. The summed E-state index contributed by atoms with van der Waals surface area (Å²) in [5.74, 6) is 2.31. The van der Waals surface area contributed by atoms with Crippen LogP contribution in [0.2, 0.25) is 0 Å². The standard InChI is InChI=1S/C13H15BrN4O/c1-4-8-16-12(15)17-13(19)18(3)11-9(2)6-5-7-10(11)14/h1,5-7H,8H2,2-3H3,(H3,15,16,17,19). The van der Waals surface area contributed by atoms with Gasteiger partial charge in [-0.05, 0) is 34.5 Å². The largest absolute Gasteiger partial charge is 0.370 e. The Morgan fingerprint density at radius 3 is 2.89 bits per heavy atom. The molecule has 1 aromatic carbocycles. The van der Waals surface area contributed by atoms with E-state index in [9.17, 15) is 4.79 Å². The van der Waals surface area contributed by atoms with Gasteiger partial charge in [-0.1, -0.05) is 18.1 Å². The number of rotatable bonds is 2. The van der Waals surface area contributed by atoms with Crippen LogP contribution in [0.15, 0.2) is 27.7 Å². The quantitative estimate of drug-likeness (QED) is 0.495. The molecule has 6 heteroatoms. The van der Waals surface area contributed by atoms with Crippen molar-refractivity contribution >= 4 is 33.6 Å². The number of terminal acetylenes is 1. The van der Waals surface area contributed by atoms with Crippen molar-refractivity contribution in [3.05, 3.63) is 28.2 Å². The van der Waals surface area contributed by atoms with Crippen LogP contribution in [0.1, 0.15) is 5.56 Å². The van der Waals surface area contributed by atoms with Crippen LogP contribution in [0.4, 0.5) is 10.5 Å². The van der Waals surface area contributed by atoms with Gasteiger partial charge in [0.25, 0.3) is 0 Å². The summed E-state index contributed by atoms with van der Waals surface area (Å²) in [6.45, 7) is 2.05. The van der Waals surface area contributed by atoms with Gasteiger partial charge in [-0.25, -0.2) is 9.79 Å². The summed E-state index contributed by atoms with van der Waals surface area (Å²) in [6, 6.07) is 5.30. The van der Waals surface area contributed by atoms with Crippen molar-refractivity contribution in [3.63, 3.8) is 0 Å². The first-order valence-corrected chi connectivity index (χ1v) is 6.30. The molecule has 0 spiro atoms. The number of aryl methyl sites for hydroxylation is 1. The second kappa shape index (κ2) is 6.81. The summed E-state index contributed by atoms with van der Waals surface area (Å²) in [5, 5.41) is 2.47. The molecule has 0 aliphatic rings. The smallest absolute Gasteiger partial charge is 0.328 e. The lowest BCUT2D eigenvalue weighted by atomic mass is 10.2. The van der Waals surface area contributed by atoms with Crippen LogP contribution in [0.5, 0.6) is 0 Å². The second-order valence-corrected chi connectivity index (χ2v) is 4.65. The summed E-state index contributed by atoms with van der Waals surface area (Å²) >= 11 is 3.41. The van der Waals surface area contributed by atoms with E-state index in [-0.39, 0.29) is 18.5 Å². The number of benzene rings is 1. The van der Waals surface area contributed by atoms with Gasteiger partial charge >= 0.3 is 6.03 Å². The Morgan fingerprint density at radius 1 is 1.63 bits per heavy atom. The predicted molar refractivity (Wildman–Crippen MR) is 81.1 cm³/mol. The molecule has 0 atom stereocenters. The van der Waals surface area contributed by atoms with Crippen LogP contribution in [-0.4, -0.2) is 25.6 Å². The maximum absolute atomic E-state index is 12.0. The van der Waals surface area contributed by atoms with Crippen molar-refractivity contribution in [3.8, 4) is 12.3 Å². The van der Waals surface area contributed by atoms with Gasteiger partial charge in [0.2, 0.25) is 0 Å². The summed E-state index contributed by atoms with van der Waals surface area (Å²) in [7, 11) is 1.65. The molecule has 2 amide bonds. The van der Waals surface area contributed by atoms with Gasteiger partial charge in [0, 0.05) is 11.5 Å². The zero-order valence-corrected chi connectivity index (χ0v) is 12.4. The molecule has 0 bridgehead atoms. The Balaban J connectivity index is 2.86. The van der Waals surface area contributed by atoms with Crippen LogP contribution in [0, 0.1) is 19.3 Å². The average molecular weight is 323 g/mol. The number of para-hydroxylation sites is 1. The SMILES string of the molecule is C#CCN=C(N)NC(=O)N(C)c1c(C)cccc1Br. The summed E-state index contributed by atoms with van der Waals surface area (Å²) < 4.78 is 0.823. The Morgan fingerprint density at radius 2 is 2.32 bits per heavy atom. The summed E-state index contributed by atoms with van der Waals surface area (Å²) in [6.07, 6.45) is 5.06. The summed E-state index contributed by atoms with van der Waals surface area (Å²) in [4.78, 5) is 17.3. The maximum Gasteiger partial charge on any atom is 0.328 e. The first-order valence-electron chi connectivity index (χ1n) is 5.50. The van der Waals surface area contributed by atoms with Crippen LogP contribution in [0.25, 0.3) is 0 Å². The van der Waals surface area contributed by atoms with Gasteiger partial charge < -0.3 is 5.73 Å². The molecule has 0 aromatic heterocycles. The highest BCUT2D eigenvalue weighted by atomic mass is 79.9. The molecular weight excluding hydrogens is 308 g/mol. The number of carbonyl (C=O) groups excluding carboxylic acids is 1. The molecule has 5 nitrogen and oxygen atoms in total. The van der Waals surface area contributed by atoms with E-state index in [0.717, 1.165) is 15.7 Å². The van der Waals surface area contributed by atoms with Gasteiger partial charge in [-0.3, -0.25) is 10.2 Å². The first-order chi connectivity index (χ1) is 8.97. The number of halogens is 1. The molecule has 0 saturated heterocycles. The minimum Gasteiger partial charge on any atom is -0.370 e. The molecule has 0 saturated carbocycles. The molecule has 100 valence electrons. The van der Waals surface area contributed by atoms with Gasteiger partial charge in [-0.2, -0.15) is 0 Å². The van der Waals surface area contributed by atoms with Crippen LogP contribution in [-0.2, 0) is 0 Å². The van der Waals surface area contributed by atoms with Crippen molar-refractivity contribution in [1.82, 2.24) is 5.32 Å². The van der Waals surface area contributed by atoms with Crippen molar-refractivity contribution in [1.29, 1.82) is 0 Å². The van der Waals surface area contributed by atoms with E-state index >= 15 is 0 Å². The zero-order chi connectivity index (χ0) is 14.4. The molecular formula is C13H15BrN4O. The average Bonchev–Trinajstić information content (AvgIpc) is 2.35. The number of nitrogens with one attached hydrogen (secondary N) is 1. The molecule has 0 unspecified atom stereocenters. The molecule has 1 rings (SSSR count). The number of hydrogen-bond acceptors (Lipinski definition) is 2. The second-order valence-electron chi connectivity index (χ2n) is 3.80. The molecule has 3 N–H and O–H groups in total. The van der Waals surface area contributed by atoms with E-state index in [4.69, 9.17) is 12.2 Å². The van der Waals surface area contributed by atoms with Crippen molar-refractivity contribution in [2.75, 3.05) is 18.5 Å². The molecule has 0 radical (unpaired) electrons. The number of aliphatic imine (C=N–C) groups is 1. The third kappa shape index (κ3) is 4.00. The number of nitrogens with two attached hydrogens (primary N) is 1. The fraction of sp³-hybridized carbons (Fsp3) is 0.231. The van der Waals surface area contributed by atoms with E-state index < -0.39 is 0 Å². The lowest BCUT2D eigenvalue weighted by Crippen LogP contribution is -2.44. The highest BCUT2D eigenvalue weighted by Crippen LogP contribution is 2.28. The van der Waals surface area contributed by atoms with E-state index in [1.165, 1.54) is 4.90 Å². The monoisotopic (exact) mass is 322 g/mol. The molecule has 0 fully saturated rings. The number of anilines is 1. The van der Waals surface area contributed by atoms with Gasteiger partial charge in [-0.15, -0.1) is 6.42 Å². The molecule has 0 heterocycles. The Labute approximate surface area is 121 Å². The number of carbonyl (C=O) groups is 1. The lowest BCUT2D eigenvalue weighted by Gasteiger charge is -2.21.